The van der Waals surface area contributed by atoms with Crippen LogP contribution in [0.5, 0.6) is 0 Å². The summed E-state index contributed by atoms with van der Waals surface area (Å²) in [5.41, 5.74) is 0.834. The average Bonchev–Trinajstić information content (AvgIpc) is 3.28. The quantitative estimate of drug-likeness (QED) is 0.0731. The van der Waals surface area contributed by atoms with E-state index in [0.717, 1.165) is 17.1 Å². The molecular weight excluding hydrogens is 574 g/mol. The second kappa shape index (κ2) is 16.3. The highest BCUT2D eigenvalue weighted by Gasteiger charge is 2.31. The molecule has 1 aliphatic heterocycles. The van der Waals surface area contributed by atoms with Crippen LogP contribution < -0.4 is 21.3 Å². The zero-order chi connectivity index (χ0) is 32.1. The smallest absolute Gasteiger partial charge is 0.305 e. The molecule has 17 heteroatoms. The Morgan fingerprint density at radius 2 is 1.35 bits per heavy atom. The number of carboxylic acids is 1. The van der Waals surface area contributed by atoms with Gasteiger partial charge in [-0.1, -0.05) is 12.1 Å². The molecule has 1 heterocycles. The van der Waals surface area contributed by atoms with Crippen LogP contribution in [0.15, 0.2) is 36.4 Å². The van der Waals surface area contributed by atoms with Crippen LogP contribution in [-0.2, 0) is 49.7 Å². The molecule has 0 aromatic heterocycles. The van der Waals surface area contributed by atoms with E-state index < -0.39 is 91.6 Å². The van der Waals surface area contributed by atoms with Crippen LogP contribution in [0, 0.1) is 0 Å². The van der Waals surface area contributed by atoms with Gasteiger partial charge >= 0.3 is 11.9 Å². The van der Waals surface area contributed by atoms with Crippen molar-refractivity contribution in [3.63, 3.8) is 0 Å². The van der Waals surface area contributed by atoms with Gasteiger partial charge in [0.15, 0.2) is 0 Å². The van der Waals surface area contributed by atoms with Gasteiger partial charge in [-0.25, -0.2) is 0 Å². The SMILES string of the molecule is CC(=O)OCc1ccc(NC(=O)[C@H](CC(=O)O)NC(=O)[C@H](CO)NC(=O)[C@@H](CO)NC(=O)CCN2C(=O)C=CC2=O)cc1. The second-order valence-electron chi connectivity index (χ2n) is 9.08. The van der Waals surface area contributed by atoms with Gasteiger partial charge in [0, 0.05) is 37.7 Å². The van der Waals surface area contributed by atoms with Crippen LogP contribution >= 0.6 is 0 Å². The summed E-state index contributed by atoms with van der Waals surface area (Å²) in [4.78, 5) is 96.5. The van der Waals surface area contributed by atoms with E-state index in [0.29, 0.717) is 5.56 Å². The molecule has 1 aliphatic rings. The summed E-state index contributed by atoms with van der Waals surface area (Å²) < 4.78 is 4.86. The van der Waals surface area contributed by atoms with Crippen molar-refractivity contribution in [1.29, 1.82) is 0 Å². The molecule has 1 aromatic carbocycles. The molecule has 7 N–H and O–H groups in total. The van der Waals surface area contributed by atoms with E-state index in [2.05, 4.69) is 21.3 Å². The number of aliphatic hydroxyl groups is 2. The molecule has 0 fully saturated rings. The summed E-state index contributed by atoms with van der Waals surface area (Å²) >= 11 is 0. The predicted octanol–water partition coefficient (Wildman–Crippen LogP) is -3.08. The molecule has 3 atom stereocenters. The van der Waals surface area contributed by atoms with Gasteiger partial charge in [-0.2, -0.15) is 0 Å². The first-order chi connectivity index (χ1) is 20.3. The number of benzene rings is 1. The number of rotatable bonds is 16. The standard InChI is InChI=1S/C26H31N5O12/c1-14(34)43-13-15-2-4-16(5-3-15)27-24(40)17(10-23(38)39)29-26(42)19(12-33)30-25(41)18(11-32)28-20(35)8-9-31-21(36)6-7-22(31)37/h2-7,17-19,32-33H,8-13H2,1H3,(H,27,40)(H,28,35)(H,29,42)(H,30,41)(H,38,39)/t17-,18+,19-/m0/s1. The minimum Gasteiger partial charge on any atom is -0.481 e. The highest BCUT2D eigenvalue weighted by molar-refractivity contribution is 6.13. The Balaban J connectivity index is 1.97. The predicted molar refractivity (Wildman–Crippen MR) is 143 cm³/mol. The largest absolute Gasteiger partial charge is 0.481 e. The first-order valence-electron chi connectivity index (χ1n) is 12.7. The molecule has 0 unspecified atom stereocenters. The maximum atomic E-state index is 12.8. The third-order valence-corrected chi connectivity index (χ3v) is 5.79. The number of esters is 1. The molecule has 0 aliphatic carbocycles. The van der Waals surface area contributed by atoms with Gasteiger partial charge in [0.05, 0.1) is 19.6 Å². The first kappa shape index (κ1) is 34.0. The fraction of sp³-hybridized carbons (Fsp3) is 0.385. The normalized spacial score (nSPS) is 14.3. The van der Waals surface area contributed by atoms with Crippen molar-refractivity contribution in [2.24, 2.45) is 0 Å². The number of anilines is 1. The minimum atomic E-state index is -1.71. The van der Waals surface area contributed by atoms with Crippen LogP contribution in [0.2, 0.25) is 0 Å². The number of carboxylic acid groups (broad SMARTS) is 1. The van der Waals surface area contributed by atoms with E-state index in [1.54, 1.807) is 12.1 Å². The topological polar surface area (TPSA) is 258 Å². The average molecular weight is 606 g/mol. The Kier molecular flexibility index (Phi) is 12.9. The fourth-order valence-electron chi connectivity index (χ4n) is 3.55. The van der Waals surface area contributed by atoms with E-state index >= 15 is 0 Å². The van der Waals surface area contributed by atoms with Gasteiger partial charge in [0.25, 0.3) is 11.8 Å². The zero-order valence-corrected chi connectivity index (χ0v) is 22.9. The number of hydrogen-bond acceptors (Lipinski definition) is 11. The lowest BCUT2D eigenvalue weighted by molar-refractivity contribution is -0.142. The maximum Gasteiger partial charge on any atom is 0.305 e. The lowest BCUT2D eigenvalue weighted by atomic mass is 10.1. The molecule has 0 radical (unpaired) electrons. The van der Waals surface area contributed by atoms with Gasteiger partial charge in [-0.15, -0.1) is 0 Å². The monoisotopic (exact) mass is 605 g/mol. The summed E-state index contributed by atoms with van der Waals surface area (Å²) in [5.74, 6) is -7.16. The first-order valence-corrected chi connectivity index (χ1v) is 12.7. The molecule has 0 bridgehead atoms. The van der Waals surface area contributed by atoms with Crippen molar-refractivity contribution < 1.29 is 58.4 Å². The molecule has 0 spiro atoms. The Hall–Kier alpha value is -5.16. The summed E-state index contributed by atoms with van der Waals surface area (Å²) in [7, 11) is 0. The number of imide groups is 1. The van der Waals surface area contributed by atoms with Gasteiger partial charge in [-0.05, 0) is 17.7 Å². The zero-order valence-electron chi connectivity index (χ0n) is 22.9. The molecule has 0 saturated heterocycles. The van der Waals surface area contributed by atoms with Crippen molar-refractivity contribution in [1.82, 2.24) is 20.9 Å². The van der Waals surface area contributed by atoms with E-state index in [4.69, 9.17) is 4.74 Å². The number of hydrogen-bond donors (Lipinski definition) is 7. The van der Waals surface area contributed by atoms with Gasteiger partial charge in [0.2, 0.25) is 23.6 Å². The molecule has 0 saturated carbocycles. The number of nitrogens with zero attached hydrogens (tertiary/aromatic N) is 1. The van der Waals surface area contributed by atoms with Crippen molar-refractivity contribution in [3.05, 3.63) is 42.0 Å². The third kappa shape index (κ3) is 11.0. The van der Waals surface area contributed by atoms with Crippen LogP contribution in [0.1, 0.15) is 25.3 Å². The molecule has 1 aromatic rings. The maximum absolute atomic E-state index is 12.8. The van der Waals surface area contributed by atoms with E-state index in [-0.39, 0.29) is 18.8 Å². The second-order valence-corrected chi connectivity index (χ2v) is 9.08. The number of carbonyl (C=O) groups is 8. The Bertz CT molecular complexity index is 1260. The van der Waals surface area contributed by atoms with E-state index in [1.165, 1.54) is 19.1 Å². The molecule has 6 amide bonds. The number of amides is 6. The van der Waals surface area contributed by atoms with Crippen LogP contribution in [0.3, 0.4) is 0 Å². The summed E-state index contributed by atoms with van der Waals surface area (Å²) in [5, 5.41) is 37.3. The van der Waals surface area contributed by atoms with Gasteiger partial charge in [0.1, 0.15) is 24.7 Å². The molecule has 17 nitrogen and oxygen atoms in total. The van der Waals surface area contributed by atoms with Crippen LogP contribution in [0.25, 0.3) is 0 Å². The summed E-state index contributed by atoms with van der Waals surface area (Å²) in [6.45, 7) is -0.976. The van der Waals surface area contributed by atoms with Crippen molar-refractivity contribution in [2.45, 2.75) is 44.5 Å². The number of aliphatic carboxylic acids is 1. The van der Waals surface area contributed by atoms with Crippen molar-refractivity contribution >= 4 is 53.1 Å². The Morgan fingerprint density at radius 1 is 0.814 bits per heavy atom. The Morgan fingerprint density at radius 3 is 1.86 bits per heavy atom. The summed E-state index contributed by atoms with van der Waals surface area (Å²) in [6, 6.07) is 1.03. The highest BCUT2D eigenvalue weighted by atomic mass is 16.5. The third-order valence-electron chi connectivity index (χ3n) is 5.79. The lowest BCUT2D eigenvalue weighted by Crippen LogP contribution is -2.58. The van der Waals surface area contributed by atoms with Gasteiger partial charge < -0.3 is 41.3 Å². The van der Waals surface area contributed by atoms with E-state index in [1.807, 2.05) is 0 Å². The van der Waals surface area contributed by atoms with Crippen LogP contribution in [0.4, 0.5) is 5.69 Å². The number of aliphatic hydroxyl groups excluding tert-OH is 2. The lowest BCUT2D eigenvalue weighted by Gasteiger charge is -2.23. The molecule has 43 heavy (non-hydrogen) atoms. The summed E-state index contributed by atoms with van der Waals surface area (Å²) in [6.07, 6.45) is 0.803. The fourth-order valence-corrected chi connectivity index (χ4v) is 3.55. The minimum absolute atomic E-state index is 0.00528. The Labute approximate surface area is 244 Å². The molecule has 232 valence electrons. The van der Waals surface area contributed by atoms with Crippen molar-refractivity contribution in [2.75, 3.05) is 25.1 Å². The van der Waals surface area contributed by atoms with E-state index in [9.17, 15) is 53.7 Å². The number of ether oxygens (including phenoxy) is 1. The molecule has 2 rings (SSSR count). The van der Waals surface area contributed by atoms with Crippen molar-refractivity contribution in [3.8, 4) is 0 Å². The number of nitrogens with one attached hydrogen (secondary N) is 4. The molecular formula is C26H31N5O12. The number of carbonyl (C=O) groups excluding carboxylic acids is 7. The van der Waals surface area contributed by atoms with Gasteiger partial charge in [-0.3, -0.25) is 43.3 Å². The van der Waals surface area contributed by atoms with Crippen LogP contribution in [-0.4, -0.2) is 105 Å². The highest BCUT2D eigenvalue weighted by Crippen LogP contribution is 2.12.